The van der Waals surface area contributed by atoms with Crippen molar-refractivity contribution in [2.75, 3.05) is 17.2 Å². The molecule has 1 spiro atoms. The van der Waals surface area contributed by atoms with Crippen molar-refractivity contribution in [1.82, 2.24) is 9.55 Å². The van der Waals surface area contributed by atoms with Crippen LogP contribution < -0.4 is 21.1 Å². The Bertz CT molecular complexity index is 1210. The third-order valence-electron chi connectivity index (χ3n) is 5.80. The van der Waals surface area contributed by atoms with Gasteiger partial charge in [0.05, 0.1) is 12.3 Å². The molecular weight excluding hydrogens is 446 g/mol. The summed E-state index contributed by atoms with van der Waals surface area (Å²) >= 11 is 0. The number of halogens is 2. The lowest BCUT2D eigenvalue weighted by Gasteiger charge is -2.26. The Morgan fingerprint density at radius 1 is 1.30 bits per heavy atom. The van der Waals surface area contributed by atoms with Gasteiger partial charge in [-0.15, -0.1) is 0 Å². The molecule has 5 rings (SSSR count). The van der Waals surface area contributed by atoms with Gasteiger partial charge < -0.3 is 30.3 Å². The summed E-state index contributed by atoms with van der Waals surface area (Å²) in [5, 5.41) is 23.8. The van der Waals surface area contributed by atoms with E-state index in [1.165, 1.54) is 18.2 Å². The zero-order valence-electron chi connectivity index (χ0n) is 16.8. The Labute approximate surface area is 184 Å². The lowest BCUT2D eigenvalue weighted by Crippen LogP contribution is -2.41. The first-order valence-electron chi connectivity index (χ1n) is 10.0. The summed E-state index contributed by atoms with van der Waals surface area (Å²) in [6.07, 6.45) is -3.94. The first-order chi connectivity index (χ1) is 15.6. The van der Waals surface area contributed by atoms with Gasteiger partial charge in [0.15, 0.2) is 11.7 Å². The fraction of sp³-hybridized carbons (Fsp3) is 0.400. The summed E-state index contributed by atoms with van der Waals surface area (Å²) in [6.45, 7) is -0.862. The smallest absolute Gasteiger partial charge is 0.351 e. The van der Waals surface area contributed by atoms with E-state index in [-0.39, 0.29) is 17.3 Å². The first kappa shape index (κ1) is 21.4. The summed E-state index contributed by atoms with van der Waals surface area (Å²) in [5.41, 5.74) is -1.46. The second kappa shape index (κ2) is 7.30. The fourth-order valence-corrected chi connectivity index (χ4v) is 3.75. The molecule has 2 fully saturated rings. The van der Waals surface area contributed by atoms with Crippen LogP contribution >= 0.6 is 0 Å². The number of anilines is 2. The number of alkyl halides is 2. The van der Waals surface area contributed by atoms with Crippen LogP contribution in [0.5, 0.6) is 5.75 Å². The van der Waals surface area contributed by atoms with E-state index in [1.54, 1.807) is 0 Å². The number of rotatable bonds is 4. The molecule has 1 aromatic carbocycles. The number of carbonyl (C=O) groups is 2. The van der Waals surface area contributed by atoms with Gasteiger partial charge in [-0.2, -0.15) is 13.8 Å². The second-order valence-electron chi connectivity index (χ2n) is 8.05. The molecule has 3 heterocycles. The molecule has 1 saturated carbocycles. The minimum atomic E-state index is -3.85. The summed E-state index contributed by atoms with van der Waals surface area (Å²) < 4.78 is 39.7. The predicted octanol–water partition coefficient (Wildman–Crippen LogP) is 0.245. The van der Waals surface area contributed by atoms with E-state index >= 15 is 0 Å². The maximum Gasteiger partial charge on any atom is 0.351 e. The molecule has 2 aromatic rings. The van der Waals surface area contributed by atoms with Crippen LogP contribution in [0.25, 0.3) is 0 Å². The number of aromatic nitrogens is 2. The van der Waals surface area contributed by atoms with Crippen LogP contribution in [0.3, 0.4) is 0 Å². The molecule has 174 valence electrons. The van der Waals surface area contributed by atoms with Crippen molar-refractivity contribution >= 4 is 23.3 Å². The molecule has 1 saturated heterocycles. The SMILES string of the molecule is O=C(Nc1ccn(C2O[C@H](CO)[C@@H](O)C2(F)F)c(=O)n1)c1ccc2c(c1)OC1(CC1)C(=O)N2. The number of fused-ring (bicyclic) bond motifs is 1. The normalized spacial score (nSPS) is 26.3. The molecule has 2 amide bonds. The van der Waals surface area contributed by atoms with Gasteiger partial charge in [-0.3, -0.25) is 14.2 Å². The van der Waals surface area contributed by atoms with Gasteiger partial charge in [-0.25, -0.2) is 4.79 Å². The van der Waals surface area contributed by atoms with Crippen molar-refractivity contribution in [3.05, 3.63) is 46.5 Å². The largest absolute Gasteiger partial charge is 0.475 e. The molecule has 11 nitrogen and oxygen atoms in total. The molecule has 1 aromatic heterocycles. The lowest BCUT2D eigenvalue weighted by atomic mass is 10.1. The highest BCUT2D eigenvalue weighted by Gasteiger charge is 2.59. The number of benzene rings is 1. The molecule has 1 aliphatic carbocycles. The molecule has 3 aliphatic rings. The summed E-state index contributed by atoms with van der Waals surface area (Å²) in [4.78, 5) is 40.5. The topological polar surface area (TPSA) is 152 Å². The monoisotopic (exact) mass is 464 g/mol. The highest BCUT2D eigenvalue weighted by molar-refractivity contribution is 6.06. The highest BCUT2D eigenvalue weighted by Crippen LogP contribution is 2.47. The summed E-state index contributed by atoms with van der Waals surface area (Å²) in [6, 6.07) is 5.50. The van der Waals surface area contributed by atoms with Crippen LogP contribution in [-0.4, -0.2) is 61.9 Å². The van der Waals surface area contributed by atoms with Gasteiger partial charge in [-0.1, -0.05) is 0 Å². The molecule has 1 unspecified atom stereocenters. The van der Waals surface area contributed by atoms with Gasteiger partial charge in [0.25, 0.3) is 11.8 Å². The number of ether oxygens (including phenoxy) is 2. The predicted molar refractivity (Wildman–Crippen MR) is 106 cm³/mol. The first-order valence-corrected chi connectivity index (χ1v) is 10.0. The van der Waals surface area contributed by atoms with Crippen molar-refractivity contribution in [1.29, 1.82) is 0 Å². The van der Waals surface area contributed by atoms with E-state index in [2.05, 4.69) is 15.6 Å². The lowest BCUT2D eigenvalue weighted by molar-refractivity contribution is -0.140. The summed E-state index contributed by atoms with van der Waals surface area (Å²) in [7, 11) is 0. The molecule has 13 heteroatoms. The van der Waals surface area contributed by atoms with Crippen LogP contribution in [0.4, 0.5) is 20.3 Å². The van der Waals surface area contributed by atoms with Gasteiger partial charge >= 0.3 is 11.6 Å². The molecule has 3 atom stereocenters. The zero-order chi connectivity index (χ0) is 23.5. The quantitative estimate of drug-likeness (QED) is 0.502. The van der Waals surface area contributed by atoms with Crippen LogP contribution in [0.2, 0.25) is 0 Å². The molecule has 0 bridgehead atoms. The van der Waals surface area contributed by atoms with E-state index in [9.17, 15) is 28.3 Å². The zero-order valence-corrected chi connectivity index (χ0v) is 16.8. The number of aliphatic hydroxyl groups excluding tert-OH is 2. The standard InChI is InChI=1S/C20H18F2N4O7/c21-20(22)14(28)12(8-27)32-17(20)26-6-3-13(25-18(26)31)24-15(29)9-1-2-10-11(7-9)33-19(4-5-19)16(30)23-10/h1-3,6-7,12,14,17,27-28H,4-5,8H2,(H,23,30)(H,24,25,29,31)/t12-,14-,17?/m1/s1. The van der Waals surface area contributed by atoms with Crippen molar-refractivity contribution in [2.24, 2.45) is 0 Å². The molecule has 2 aliphatic heterocycles. The molecule has 0 radical (unpaired) electrons. The van der Waals surface area contributed by atoms with Gasteiger partial charge in [0.1, 0.15) is 17.7 Å². The van der Waals surface area contributed by atoms with Crippen molar-refractivity contribution in [2.45, 2.75) is 42.8 Å². The van der Waals surface area contributed by atoms with Crippen LogP contribution in [0.15, 0.2) is 35.3 Å². The molecular formula is C20H18F2N4O7. The van der Waals surface area contributed by atoms with Gasteiger partial charge in [0.2, 0.25) is 6.23 Å². The Hall–Kier alpha value is -3.42. The van der Waals surface area contributed by atoms with Crippen molar-refractivity contribution < 1.29 is 38.1 Å². The van der Waals surface area contributed by atoms with Crippen LogP contribution in [0.1, 0.15) is 29.4 Å². The second-order valence-corrected chi connectivity index (χ2v) is 8.05. The van der Waals surface area contributed by atoms with Crippen LogP contribution in [0, 0.1) is 0 Å². The Balaban J connectivity index is 1.34. The van der Waals surface area contributed by atoms with E-state index in [1.807, 2.05) is 0 Å². The van der Waals surface area contributed by atoms with Crippen LogP contribution in [-0.2, 0) is 9.53 Å². The third kappa shape index (κ3) is 3.44. The molecule has 4 N–H and O–H groups in total. The van der Waals surface area contributed by atoms with E-state index in [0.29, 0.717) is 28.8 Å². The Morgan fingerprint density at radius 3 is 2.70 bits per heavy atom. The van der Waals surface area contributed by atoms with E-state index in [4.69, 9.17) is 14.6 Å². The Morgan fingerprint density at radius 2 is 2.06 bits per heavy atom. The van der Waals surface area contributed by atoms with Crippen molar-refractivity contribution in [3.63, 3.8) is 0 Å². The average molecular weight is 464 g/mol. The van der Waals surface area contributed by atoms with Gasteiger partial charge in [0, 0.05) is 24.6 Å². The number of hydrogen-bond acceptors (Lipinski definition) is 8. The number of aliphatic hydroxyl groups is 2. The maximum atomic E-state index is 14.3. The maximum absolute atomic E-state index is 14.3. The number of carbonyl (C=O) groups excluding carboxylic acids is 2. The average Bonchev–Trinajstić information content (AvgIpc) is 3.51. The number of nitrogens with zero attached hydrogens (tertiary/aromatic N) is 2. The van der Waals surface area contributed by atoms with E-state index < -0.39 is 48.2 Å². The minimum Gasteiger partial charge on any atom is -0.475 e. The van der Waals surface area contributed by atoms with E-state index in [0.717, 1.165) is 12.3 Å². The fourth-order valence-electron chi connectivity index (χ4n) is 3.75. The van der Waals surface area contributed by atoms with Gasteiger partial charge in [-0.05, 0) is 24.3 Å². The third-order valence-corrected chi connectivity index (χ3v) is 5.80. The Kier molecular flexibility index (Phi) is 4.74. The highest BCUT2D eigenvalue weighted by atomic mass is 19.3. The number of amides is 2. The minimum absolute atomic E-state index is 0.159. The number of nitrogens with one attached hydrogen (secondary N) is 2. The summed E-state index contributed by atoms with van der Waals surface area (Å²) in [5.74, 6) is -4.59. The number of hydrogen-bond donors (Lipinski definition) is 4. The molecule has 33 heavy (non-hydrogen) atoms. The van der Waals surface area contributed by atoms with Crippen molar-refractivity contribution in [3.8, 4) is 5.75 Å².